The minimum atomic E-state index is -0.424. The van der Waals surface area contributed by atoms with Crippen molar-refractivity contribution in [2.45, 2.75) is 19.4 Å². The van der Waals surface area contributed by atoms with Crippen LogP contribution < -0.4 is 21.3 Å². The lowest BCUT2D eigenvalue weighted by Crippen LogP contribution is -2.39. The Bertz CT molecular complexity index is 1050. The lowest BCUT2D eigenvalue weighted by molar-refractivity contribution is 0.252. The number of nitrogens with zero attached hydrogens (tertiary/aromatic N) is 2. The Kier molecular flexibility index (Phi) is 4.35. The first kappa shape index (κ1) is 17.2. The summed E-state index contributed by atoms with van der Waals surface area (Å²) in [5.41, 5.74) is 4.31. The molecule has 27 heavy (non-hydrogen) atoms. The summed E-state index contributed by atoms with van der Waals surface area (Å²) in [6, 6.07) is 13.7. The van der Waals surface area contributed by atoms with Crippen LogP contribution in [0.15, 0.2) is 51.7 Å². The second kappa shape index (κ2) is 6.83. The van der Waals surface area contributed by atoms with Crippen LogP contribution in [0.5, 0.6) is 0 Å². The minimum Gasteiger partial charge on any atom is -0.408 e. The second-order valence-corrected chi connectivity index (χ2v) is 6.87. The summed E-state index contributed by atoms with van der Waals surface area (Å²) in [5.74, 6) is -0.424. The quantitative estimate of drug-likeness (QED) is 0.744. The Morgan fingerprint density at radius 2 is 2.07 bits per heavy atom. The van der Waals surface area contributed by atoms with Gasteiger partial charge in [-0.05, 0) is 37.1 Å². The van der Waals surface area contributed by atoms with E-state index in [0.29, 0.717) is 29.4 Å². The molecule has 0 saturated carbocycles. The summed E-state index contributed by atoms with van der Waals surface area (Å²) in [6.45, 7) is 3.48. The fourth-order valence-electron chi connectivity index (χ4n) is 3.65. The molecule has 2 amide bonds. The van der Waals surface area contributed by atoms with E-state index in [9.17, 15) is 9.59 Å². The lowest BCUT2D eigenvalue weighted by atomic mass is 10.1. The van der Waals surface area contributed by atoms with Gasteiger partial charge in [-0.3, -0.25) is 4.57 Å². The third kappa shape index (κ3) is 3.28. The highest BCUT2D eigenvalue weighted by Crippen LogP contribution is 2.31. The smallest absolute Gasteiger partial charge is 0.408 e. The van der Waals surface area contributed by atoms with Gasteiger partial charge in [0, 0.05) is 43.6 Å². The molecule has 0 aliphatic carbocycles. The SMILES string of the molecule is CC1Cc2ccccc2N1CCNC(=O)Nc1ccc2c(c1)oc(=O)n2C. The summed E-state index contributed by atoms with van der Waals surface area (Å²) < 4.78 is 6.57. The highest BCUT2D eigenvalue weighted by Gasteiger charge is 2.24. The molecule has 1 aromatic heterocycles. The Morgan fingerprint density at radius 3 is 2.93 bits per heavy atom. The van der Waals surface area contributed by atoms with Gasteiger partial charge in [-0.1, -0.05) is 18.2 Å². The number of hydrogen-bond donors (Lipinski definition) is 2. The van der Waals surface area contributed by atoms with E-state index in [4.69, 9.17) is 4.42 Å². The number of rotatable bonds is 4. The molecule has 1 atom stereocenters. The number of carbonyl (C=O) groups excluding carboxylic acids is 1. The van der Waals surface area contributed by atoms with E-state index in [-0.39, 0.29) is 6.03 Å². The fourth-order valence-corrected chi connectivity index (χ4v) is 3.65. The molecule has 1 aliphatic rings. The predicted octanol–water partition coefficient (Wildman–Crippen LogP) is 2.70. The van der Waals surface area contributed by atoms with E-state index in [1.54, 1.807) is 25.2 Å². The van der Waals surface area contributed by atoms with E-state index < -0.39 is 5.76 Å². The summed E-state index contributed by atoms with van der Waals surface area (Å²) in [5, 5.41) is 5.66. The molecule has 2 heterocycles. The maximum atomic E-state index is 12.2. The minimum absolute atomic E-state index is 0.284. The topological polar surface area (TPSA) is 79.5 Å². The van der Waals surface area contributed by atoms with E-state index in [2.05, 4.69) is 40.7 Å². The fraction of sp³-hybridized carbons (Fsp3) is 0.300. The monoisotopic (exact) mass is 366 g/mol. The average molecular weight is 366 g/mol. The van der Waals surface area contributed by atoms with E-state index in [0.717, 1.165) is 13.0 Å². The molecule has 7 nitrogen and oxygen atoms in total. The third-order valence-electron chi connectivity index (χ3n) is 5.04. The highest BCUT2D eigenvalue weighted by atomic mass is 16.4. The highest BCUT2D eigenvalue weighted by molar-refractivity contribution is 5.91. The number of carbonyl (C=O) groups is 1. The van der Waals surface area contributed by atoms with Crippen molar-refractivity contribution in [3.05, 3.63) is 58.6 Å². The van der Waals surface area contributed by atoms with Gasteiger partial charge in [0.2, 0.25) is 0 Å². The number of para-hydroxylation sites is 1. The zero-order valence-corrected chi connectivity index (χ0v) is 15.4. The molecule has 4 rings (SSSR count). The maximum Gasteiger partial charge on any atom is 0.419 e. The Labute approximate surface area is 156 Å². The van der Waals surface area contributed by atoms with Gasteiger partial charge in [0.05, 0.1) is 5.52 Å². The number of fused-ring (bicyclic) bond motifs is 2. The van der Waals surface area contributed by atoms with Gasteiger partial charge in [-0.15, -0.1) is 0 Å². The normalized spacial score (nSPS) is 15.8. The molecule has 2 aromatic carbocycles. The molecule has 2 N–H and O–H groups in total. The predicted molar refractivity (Wildman–Crippen MR) is 105 cm³/mol. The molecular weight excluding hydrogens is 344 g/mol. The molecule has 0 fully saturated rings. The first-order valence-electron chi connectivity index (χ1n) is 9.02. The number of urea groups is 1. The molecule has 1 unspecified atom stereocenters. The molecule has 140 valence electrons. The van der Waals surface area contributed by atoms with Crippen molar-refractivity contribution in [2.24, 2.45) is 7.05 Å². The summed E-state index contributed by atoms with van der Waals surface area (Å²) in [6.07, 6.45) is 1.03. The first-order valence-corrected chi connectivity index (χ1v) is 9.02. The molecule has 7 heteroatoms. The Balaban J connectivity index is 1.34. The molecule has 3 aromatic rings. The van der Waals surface area contributed by atoms with Crippen molar-refractivity contribution in [3.63, 3.8) is 0 Å². The van der Waals surface area contributed by atoms with Crippen molar-refractivity contribution in [2.75, 3.05) is 23.3 Å². The molecule has 0 spiro atoms. The third-order valence-corrected chi connectivity index (χ3v) is 5.04. The number of benzene rings is 2. The number of amides is 2. The van der Waals surface area contributed by atoms with E-state index in [1.807, 2.05) is 6.07 Å². The van der Waals surface area contributed by atoms with Crippen molar-refractivity contribution in [3.8, 4) is 0 Å². The standard InChI is InChI=1S/C20H22N4O3/c1-13-11-14-5-3-4-6-16(14)24(13)10-9-21-19(25)22-15-7-8-17-18(12-15)27-20(26)23(17)2/h3-8,12-13H,9-11H2,1-2H3,(H2,21,22,25). The van der Waals surface area contributed by atoms with Gasteiger partial charge in [0.15, 0.2) is 5.58 Å². The van der Waals surface area contributed by atoms with Crippen LogP contribution in [0.3, 0.4) is 0 Å². The van der Waals surface area contributed by atoms with Crippen molar-refractivity contribution < 1.29 is 9.21 Å². The zero-order chi connectivity index (χ0) is 19.0. The van der Waals surface area contributed by atoms with Crippen molar-refractivity contribution in [1.29, 1.82) is 0 Å². The number of hydrogen-bond acceptors (Lipinski definition) is 4. The summed E-state index contributed by atoms with van der Waals surface area (Å²) in [4.78, 5) is 26.0. The largest absolute Gasteiger partial charge is 0.419 e. The van der Waals surface area contributed by atoms with Crippen LogP contribution in [-0.2, 0) is 13.5 Å². The van der Waals surface area contributed by atoms with Gasteiger partial charge < -0.3 is 20.0 Å². The lowest BCUT2D eigenvalue weighted by Gasteiger charge is -2.25. The number of aromatic nitrogens is 1. The second-order valence-electron chi connectivity index (χ2n) is 6.87. The van der Waals surface area contributed by atoms with Gasteiger partial charge in [0.1, 0.15) is 0 Å². The van der Waals surface area contributed by atoms with Gasteiger partial charge in [-0.2, -0.15) is 0 Å². The van der Waals surface area contributed by atoms with Crippen LogP contribution in [0.4, 0.5) is 16.2 Å². The van der Waals surface area contributed by atoms with Crippen LogP contribution in [0.1, 0.15) is 12.5 Å². The molecule has 0 saturated heterocycles. The summed E-state index contributed by atoms with van der Waals surface area (Å²) in [7, 11) is 1.64. The van der Waals surface area contributed by atoms with Crippen molar-refractivity contribution in [1.82, 2.24) is 9.88 Å². The number of anilines is 2. The van der Waals surface area contributed by atoms with Gasteiger partial charge in [0.25, 0.3) is 0 Å². The van der Waals surface area contributed by atoms with Crippen LogP contribution in [-0.4, -0.2) is 29.7 Å². The number of nitrogens with one attached hydrogen (secondary N) is 2. The van der Waals surface area contributed by atoms with Crippen LogP contribution >= 0.6 is 0 Å². The molecule has 1 aliphatic heterocycles. The van der Waals surface area contributed by atoms with Gasteiger partial charge >= 0.3 is 11.8 Å². The van der Waals surface area contributed by atoms with E-state index in [1.165, 1.54) is 15.8 Å². The number of aryl methyl sites for hydroxylation is 1. The van der Waals surface area contributed by atoms with Crippen LogP contribution in [0.25, 0.3) is 11.1 Å². The average Bonchev–Trinajstić information content (AvgIpc) is 3.11. The molecular formula is C20H22N4O3. The van der Waals surface area contributed by atoms with Crippen molar-refractivity contribution >= 4 is 28.5 Å². The Hall–Kier alpha value is -3.22. The van der Waals surface area contributed by atoms with E-state index >= 15 is 0 Å². The first-order chi connectivity index (χ1) is 13.0. The maximum absolute atomic E-state index is 12.2. The molecule has 0 radical (unpaired) electrons. The van der Waals surface area contributed by atoms with Crippen LogP contribution in [0, 0.1) is 0 Å². The zero-order valence-electron chi connectivity index (χ0n) is 15.4. The Morgan fingerprint density at radius 1 is 1.26 bits per heavy atom. The summed E-state index contributed by atoms with van der Waals surface area (Å²) >= 11 is 0. The van der Waals surface area contributed by atoms with Gasteiger partial charge in [-0.25, -0.2) is 9.59 Å². The molecule has 0 bridgehead atoms. The number of oxazole rings is 1. The van der Waals surface area contributed by atoms with Crippen LogP contribution in [0.2, 0.25) is 0 Å².